The Balaban J connectivity index is 1.34. The number of urea groups is 1. The number of ether oxygens (including phenoxy) is 1. The molecule has 2 fully saturated rings. The van der Waals surface area contributed by atoms with Crippen molar-refractivity contribution in [2.75, 3.05) is 32.1 Å². The first kappa shape index (κ1) is 22.3. The van der Waals surface area contributed by atoms with E-state index in [4.69, 9.17) is 4.74 Å². The number of piperazine rings is 1. The maximum atomic E-state index is 13.5. The summed E-state index contributed by atoms with van der Waals surface area (Å²) < 4.78 is 5.23. The van der Waals surface area contributed by atoms with Crippen molar-refractivity contribution in [1.29, 1.82) is 0 Å². The van der Waals surface area contributed by atoms with Crippen LogP contribution in [0.25, 0.3) is 11.1 Å². The number of carbonyl (C=O) groups excluding carboxylic acids is 3. The van der Waals surface area contributed by atoms with Gasteiger partial charge in [0.15, 0.2) is 0 Å². The van der Waals surface area contributed by atoms with Gasteiger partial charge >= 0.3 is 6.03 Å². The molecule has 2 aromatic carbocycles. The van der Waals surface area contributed by atoms with Gasteiger partial charge in [0.05, 0.1) is 24.9 Å². The summed E-state index contributed by atoms with van der Waals surface area (Å²) in [5, 5.41) is 6.03. The molecule has 0 aromatic heterocycles. The first-order valence-corrected chi connectivity index (χ1v) is 12.0. The van der Waals surface area contributed by atoms with Crippen molar-refractivity contribution < 1.29 is 19.1 Å². The van der Waals surface area contributed by atoms with E-state index < -0.39 is 6.04 Å². The average Bonchev–Trinajstić information content (AvgIpc) is 2.98. The van der Waals surface area contributed by atoms with Gasteiger partial charge in [-0.2, -0.15) is 0 Å². The molecule has 5 rings (SSSR count). The largest absolute Gasteiger partial charge is 0.497 e. The third-order valence-corrected chi connectivity index (χ3v) is 7.10. The zero-order valence-electron chi connectivity index (χ0n) is 19.4. The van der Waals surface area contributed by atoms with E-state index in [2.05, 4.69) is 10.6 Å². The molecule has 1 unspecified atom stereocenters. The van der Waals surface area contributed by atoms with Crippen molar-refractivity contribution in [2.45, 2.75) is 44.2 Å². The molecule has 0 bridgehead atoms. The summed E-state index contributed by atoms with van der Waals surface area (Å²) in [4.78, 5) is 42.7. The van der Waals surface area contributed by atoms with Gasteiger partial charge in [-0.15, -0.1) is 0 Å². The highest BCUT2D eigenvalue weighted by Gasteiger charge is 2.40. The highest BCUT2D eigenvalue weighted by molar-refractivity contribution is 6.10. The molecule has 1 saturated carbocycles. The Kier molecular flexibility index (Phi) is 6.13. The first-order chi connectivity index (χ1) is 16.5. The number of rotatable bonds is 3. The molecular formula is C26H30N4O4. The van der Waals surface area contributed by atoms with Gasteiger partial charge in [-0.3, -0.25) is 9.59 Å². The predicted molar refractivity (Wildman–Crippen MR) is 129 cm³/mol. The molecule has 1 atom stereocenters. The lowest BCUT2D eigenvalue weighted by molar-refractivity contribution is -0.121. The van der Waals surface area contributed by atoms with Crippen molar-refractivity contribution >= 4 is 23.5 Å². The monoisotopic (exact) mass is 462 g/mol. The predicted octanol–water partition coefficient (Wildman–Crippen LogP) is 3.48. The van der Waals surface area contributed by atoms with Crippen LogP contribution in [-0.4, -0.2) is 66.5 Å². The van der Waals surface area contributed by atoms with Crippen LogP contribution in [0.5, 0.6) is 5.75 Å². The molecule has 4 amide bonds. The lowest BCUT2D eigenvalue weighted by Gasteiger charge is -2.40. The van der Waals surface area contributed by atoms with Crippen LogP contribution >= 0.6 is 0 Å². The zero-order valence-corrected chi connectivity index (χ0v) is 19.4. The van der Waals surface area contributed by atoms with E-state index in [1.54, 1.807) is 23.0 Å². The zero-order chi connectivity index (χ0) is 23.7. The molecule has 34 heavy (non-hydrogen) atoms. The van der Waals surface area contributed by atoms with E-state index in [-0.39, 0.29) is 30.4 Å². The van der Waals surface area contributed by atoms with E-state index >= 15 is 0 Å². The number of nitrogens with one attached hydrogen (secondary N) is 2. The summed E-state index contributed by atoms with van der Waals surface area (Å²) in [6, 6.07) is 12.5. The summed E-state index contributed by atoms with van der Waals surface area (Å²) in [5.41, 5.74) is 2.80. The third-order valence-electron chi connectivity index (χ3n) is 7.10. The Morgan fingerprint density at radius 3 is 2.47 bits per heavy atom. The molecule has 0 radical (unpaired) electrons. The van der Waals surface area contributed by atoms with Crippen LogP contribution in [-0.2, 0) is 4.79 Å². The summed E-state index contributed by atoms with van der Waals surface area (Å²) in [7, 11) is 1.62. The topological polar surface area (TPSA) is 91.0 Å². The number of methoxy groups -OCH3 is 1. The molecule has 1 aliphatic carbocycles. The van der Waals surface area contributed by atoms with Gasteiger partial charge in [0.1, 0.15) is 11.8 Å². The van der Waals surface area contributed by atoms with Crippen LogP contribution < -0.4 is 15.4 Å². The van der Waals surface area contributed by atoms with Crippen molar-refractivity contribution in [2.24, 2.45) is 0 Å². The maximum Gasteiger partial charge on any atom is 0.317 e. The summed E-state index contributed by atoms with van der Waals surface area (Å²) in [6.07, 6.45) is 5.49. The molecule has 2 heterocycles. The highest BCUT2D eigenvalue weighted by atomic mass is 16.5. The van der Waals surface area contributed by atoms with Gasteiger partial charge in [0, 0.05) is 19.1 Å². The molecule has 8 heteroatoms. The number of carbonyl (C=O) groups is 3. The number of fused-ring (bicyclic) bond motifs is 2. The molecule has 3 aliphatic rings. The number of benzene rings is 2. The van der Waals surface area contributed by atoms with Crippen molar-refractivity contribution in [1.82, 2.24) is 15.1 Å². The van der Waals surface area contributed by atoms with Gasteiger partial charge in [-0.1, -0.05) is 37.5 Å². The Morgan fingerprint density at radius 1 is 1.00 bits per heavy atom. The lowest BCUT2D eigenvalue weighted by atomic mass is 9.96. The smallest absolute Gasteiger partial charge is 0.317 e. The quantitative estimate of drug-likeness (QED) is 0.731. The van der Waals surface area contributed by atoms with Gasteiger partial charge in [-0.25, -0.2) is 4.79 Å². The van der Waals surface area contributed by atoms with Crippen molar-refractivity contribution in [3.63, 3.8) is 0 Å². The molecule has 8 nitrogen and oxygen atoms in total. The van der Waals surface area contributed by atoms with Crippen LogP contribution in [0.2, 0.25) is 0 Å². The fourth-order valence-corrected chi connectivity index (χ4v) is 5.11. The van der Waals surface area contributed by atoms with Crippen molar-refractivity contribution in [3.8, 4) is 16.9 Å². The van der Waals surface area contributed by atoms with Crippen LogP contribution in [0.4, 0.5) is 10.5 Å². The molecule has 0 spiro atoms. The molecule has 2 N–H and O–H groups in total. The first-order valence-electron chi connectivity index (χ1n) is 12.0. The second kappa shape index (κ2) is 9.37. The SMILES string of the molecule is COc1ccc(-c2ccc3c(c2)C(=O)N2CCN(C(=O)NC4CCCCC4)CC2C(=O)N3)cc1. The minimum absolute atomic E-state index is 0.143. The van der Waals surface area contributed by atoms with Crippen LogP contribution in [0, 0.1) is 0 Å². The minimum atomic E-state index is -0.713. The second-order valence-electron chi connectivity index (χ2n) is 9.22. The standard InChI is InChI=1S/C26H30N4O4/c1-34-20-10-7-17(8-11-20)18-9-12-22-21(15-18)25(32)30-14-13-29(16-23(30)24(31)28-22)26(33)27-19-5-3-2-4-6-19/h7-12,15,19,23H,2-6,13-14,16H2,1H3,(H,27,33)(H,28,31). The molecule has 178 valence electrons. The molecule has 1 saturated heterocycles. The van der Waals surface area contributed by atoms with Gasteiger partial charge < -0.3 is 25.2 Å². The average molecular weight is 463 g/mol. The van der Waals surface area contributed by atoms with Crippen LogP contribution in [0.15, 0.2) is 42.5 Å². The van der Waals surface area contributed by atoms with Gasteiger partial charge in [0.25, 0.3) is 5.91 Å². The number of anilines is 1. The van der Waals surface area contributed by atoms with Crippen LogP contribution in [0.3, 0.4) is 0 Å². The summed E-state index contributed by atoms with van der Waals surface area (Å²) >= 11 is 0. The lowest BCUT2D eigenvalue weighted by Crippen LogP contribution is -2.61. The number of amides is 4. The summed E-state index contributed by atoms with van der Waals surface area (Å²) in [5.74, 6) is 0.301. The normalized spacial score (nSPS) is 20.7. The van der Waals surface area contributed by atoms with Gasteiger partial charge in [-0.05, 0) is 48.2 Å². The van der Waals surface area contributed by atoms with Crippen LogP contribution in [0.1, 0.15) is 42.5 Å². The Bertz CT molecular complexity index is 1090. The van der Waals surface area contributed by atoms with Gasteiger partial charge in [0.2, 0.25) is 5.91 Å². The number of hydrogen-bond acceptors (Lipinski definition) is 4. The molecule has 2 aromatic rings. The van der Waals surface area contributed by atoms with E-state index in [9.17, 15) is 14.4 Å². The number of nitrogens with zero attached hydrogens (tertiary/aromatic N) is 2. The Hall–Kier alpha value is -3.55. The van der Waals surface area contributed by atoms with E-state index in [0.29, 0.717) is 24.3 Å². The van der Waals surface area contributed by atoms with E-state index in [1.807, 2.05) is 36.4 Å². The third kappa shape index (κ3) is 4.32. The Labute approximate surface area is 199 Å². The molecular weight excluding hydrogens is 432 g/mol. The minimum Gasteiger partial charge on any atom is -0.497 e. The highest BCUT2D eigenvalue weighted by Crippen LogP contribution is 2.31. The maximum absolute atomic E-state index is 13.5. The fraction of sp³-hybridized carbons (Fsp3) is 0.423. The number of hydrogen-bond donors (Lipinski definition) is 2. The van der Waals surface area contributed by atoms with Crippen molar-refractivity contribution in [3.05, 3.63) is 48.0 Å². The second-order valence-corrected chi connectivity index (χ2v) is 9.22. The molecule has 2 aliphatic heterocycles. The Morgan fingerprint density at radius 2 is 1.74 bits per heavy atom. The summed E-state index contributed by atoms with van der Waals surface area (Å²) in [6.45, 7) is 0.915. The van der Waals surface area contributed by atoms with E-state index in [1.165, 1.54) is 6.42 Å². The fourth-order valence-electron chi connectivity index (χ4n) is 5.11. The van der Waals surface area contributed by atoms with E-state index in [0.717, 1.165) is 42.6 Å².